The lowest BCUT2D eigenvalue weighted by Gasteiger charge is -2.07. The molecule has 72 valence electrons. The summed E-state index contributed by atoms with van der Waals surface area (Å²) in [5.74, 6) is 0.803. The molecule has 0 saturated carbocycles. The van der Waals surface area contributed by atoms with Gasteiger partial charge in [0.1, 0.15) is 0 Å². The number of aliphatic hydroxyl groups is 1. The first-order chi connectivity index (χ1) is 6.33. The molecule has 0 aliphatic carbocycles. The monoisotopic (exact) mass is 196 g/mol. The Hall–Kier alpha value is -0.470. The summed E-state index contributed by atoms with van der Waals surface area (Å²) < 4.78 is 0. The Morgan fingerprint density at radius 2 is 2.00 bits per heavy atom. The molecule has 0 fully saturated rings. The lowest BCUT2D eigenvalue weighted by Crippen LogP contribution is -2.08. The van der Waals surface area contributed by atoms with Crippen LogP contribution in [0.3, 0.4) is 0 Å². The Kier molecular flexibility index (Phi) is 4.94. The molecule has 1 aromatic carbocycles. The van der Waals surface area contributed by atoms with Crippen LogP contribution in [0.5, 0.6) is 0 Å². The second-order valence-electron chi connectivity index (χ2n) is 3.07. The Bertz CT molecular complexity index is 223. The van der Waals surface area contributed by atoms with E-state index in [4.69, 9.17) is 0 Å². The van der Waals surface area contributed by atoms with Crippen molar-refractivity contribution < 1.29 is 5.11 Å². The molecule has 0 aliphatic heterocycles. The van der Waals surface area contributed by atoms with Crippen LogP contribution in [0, 0.1) is 0 Å². The molecule has 1 atom stereocenters. The van der Waals surface area contributed by atoms with Gasteiger partial charge in [-0.3, -0.25) is 0 Å². The summed E-state index contributed by atoms with van der Waals surface area (Å²) in [7, 11) is 0. The minimum atomic E-state index is -0.157. The molecule has 1 N–H and O–H groups in total. The van der Waals surface area contributed by atoms with Crippen LogP contribution in [0.15, 0.2) is 35.2 Å². The topological polar surface area (TPSA) is 20.2 Å². The van der Waals surface area contributed by atoms with Crippen molar-refractivity contribution in [2.75, 3.05) is 5.75 Å². The molecule has 2 heteroatoms. The van der Waals surface area contributed by atoms with E-state index in [1.54, 1.807) is 11.8 Å². The van der Waals surface area contributed by atoms with Crippen molar-refractivity contribution in [1.82, 2.24) is 0 Å². The van der Waals surface area contributed by atoms with Gasteiger partial charge in [-0.05, 0) is 18.6 Å². The largest absolute Gasteiger partial charge is 0.392 e. The van der Waals surface area contributed by atoms with Crippen LogP contribution in [-0.4, -0.2) is 17.0 Å². The predicted molar refractivity (Wildman–Crippen MR) is 58.1 cm³/mol. The quantitative estimate of drug-likeness (QED) is 0.731. The van der Waals surface area contributed by atoms with Gasteiger partial charge in [-0.2, -0.15) is 0 Å². The van der Waals surface area contributed by atoms with Gasteiger partial charge < -0.3 is 5.11 Å². The molecule has 0 unspecified atom stereocenters. The fourth-order valence-electron chi connectivity index (χ4n) is 1.13. The molecule has 0 amide bonds. The zero-order valence-corrected chi connectivity index (χ0v) is 8.76. The van der Waals surface area contributed by atoms with Gasteiger partial charge in [0, 0.05) is 10.6 Å². The maximum Gasteiger partial charge on any atom is 0.0634 e. The number of hydrogen-bond donors (Lipinski definition) is 1. The molecule has 1 rings (SSSR count). The normalized spacial score (nSPS) is 12.8. The third kappa shape index (κ3) is 4.34. The van der Waals surface area contributed by atoms with Crippen LogP contribution in [0.2, 0.25) is 0 Å². The second-order valence-corrected chi connectivity index (χ2v) is 4.16. The van der Waals surface area contributed by atoms with Crippen molar-refractivity contribution in [2.45, 2.75) is 30.8 Å². The van der Waals surface area contributed by atoms with Gasteiger partial charge in [-0.1, -0.05) is 31.5 Å². The average Bonchev–Trinajstić information content (AvgIpc) is 2.17. The van der Waals surface area contributed by atoms with Crippen LogP contribution in [0.1, 0.15) is 19.8 Å². The second kappa shape index (κ2) is 6.06. The Balaban J connectivity index is 2.27. The highest BCUT2D eigenvalue weighted by molar-refractivity contribution is 7.99. The van der Waals surface area contributed by atoms with E-state index in [9.17, 15) is 5.11 Å². The van der Waals surface area contributed by atoms with Gasteiger partial charge in [0.25, 0.3) is 0 Å². The molecular formula is C11H16OS. The summed E-state index contributed by atoms with van der Waals surface area (Å²) in [5, 5.41) is 9.49. The molecule has 0 aliphatic rings. The summed E-state index contributed by atoms with van der Waals surface area (Å²) in [5.41, 5.74) is 0. The fraction of sp³-hybridized carbons (Fsp3) is 0.455. The smallest absolute Gasteiger partial charge is 0.0634 e. The van der Waals surface area contributed by atoms with Gasteiger partial charge in [-0.15, -0.1) is 11.8 Å². The first-order valence-electron chi connectivity index (χ1n) is 4.69. The number of benzene rings is 1. The Morgan fingerprint density at radius 1 is 1.31 bits per heavy atom. The van der Waals surface area contributed by atoms with Crippen molar-refractivity contribution >= 4 is 11.8 Å². The van der Waals surface area contributed by atoms with E-state index < -0.39 is 0 Å². The highest BCUT2D eigenvalue weighted by atomic mass is 32.2. The van der Waals surface area contributed by atoms with E-state index in [0.29, 0.717) is 0 Å². The highest BCUT2D eigenvalue weighted by Crippen LogP contribution is 2.18. The number of rotatable bonds is 5. The molecule has 0 bridgehead atoms. The van der Waals surface area contributed by atoms with Crippen LogP contribution in [0.25, 0.3) is 0 Å². The van der Waals surface area contributed by atoms with E-state index >= 15 is 0 Å². The molecule has 0 radical (unpaired) electrons. The molecule has 1 nitrogen and oxygen atoms in total. The summed E-state index contributed by atoms with van der Waals surface area (Å²) in [6, 6.07) is 10.2. The van der Waals surface area contributed by atoms with E-state index in [2.05, 4.69) is 19.1 Å². The van der Waals surface area contributed by atoms with Crippen molar-refractivity contribution in [3.8, 4) is 0 Å². The first kappa shape index (κ1) is 10.6. The maximum atomic E-state index is 9.49. The lowest BCUT2D eigenvalue weighted by molar-refractivity contribution is 0.188. The van der Waals surface area contributed by atoms with E-state index in [-0.39, 0.29) is 6.10 Å². The van der Waals surface area contributed by atoms with Gasteiger partial charge in [0.15, 0.2) is 0 Å². The molecular weight excluding hydrogens is 180 g/mol. The fourth-order valence-corrected chi connectivity index (χ4v) is 2.03. The molecule has 0 saturated heterocycles. The van der Waals surface area contributed by atoms with Crippen LogP contribution < -0.4 is 0 Å². The van der Waals surface area contributed by atoms with Crippen LogP contribution in [-0.2, 0) is 0 Å². The van der Waals surface area contributed by atoms with Crippen molar-refractivity contribution in [1.29, 1.82) is 0 Å². The summed E-state index contributed by atoms with van der Waals surface area (Å²) in [4.78, 5) is 1.23. The van der Waals surface area contributed by atoms with Crippen molar-refractivity contribution in [3.63, 3.8) is 0 Å². The molecule has 0 aromatic heterocycles. The van der Waals surface area contributed by atoms with E-state index in [1.807, 2.05) is 18.2 Å². The number of hydrogen-bond acceptors (Lipinski definition) is 2. The summed E-state index contributed by atoms with van der Waals surface area (Å²) in [6.07, 6.45) is 1.80. The molecule has 0 spiro atoms. The standard InChI is InChI=1S/C11H16OS/c1-2-6-10(12)9-13-11-7-4-3-5-8-11/h3-5,7-8,10,12H,2,6,9H2,1H3/t10-/m1/s1. The molecule has 13 heavy (non-hydrogen) atoms. The zero-order chi connectivity index (χ0) is 9.52. The lowest BCUT2D eigenvalue weighted by atomic mass is 10.2. The van der Waals surface area contributed by atoms with Crippen LogP contribution in [0.4, 0.5) is 0 Å². The minimum Gasteiger partial charge on any atom is -0.392 e. The minimum absolute atomic E-state index is 0.157. The number of thioether (sulfide) groups is 1. The average molecular weight is 196 g/mol. The summed E-state index contributed by atoms with van der Waals surface area (Å²) in [6.45, 7) is 2.09. The van der Waals surface area contributed by atoms with Crippen molar-refractivity contribution in [3.05, 3.63) is 30.3 Å². The van der Waals surface area contributed by atoms with Crippen molar-refractivity contribution in [2.24, 2.45) is 0 Å². The van der Waals surface area contributed by atoms with Gasteiger partial charge in [-0.25, -0.2) is 0 Å². The van der Waals surface area contributed by atoms with Crippen LogP contribution >= 0.6 is 11.8 Å². The van der Waals surface area contributed by atoms with E-state index in [1.165, 1.54) is 4.90 Å². The van der Waals surface area contributed by atoms with Gasteiger partial charge in [0.2, 0.25) is 0 Å². The SMILES string of the molecule is CCC[C@@H](O)CSc1ccccc1. The third-order valence-electron chi connectivity index (χ3n) is 1.81. The Labute approximate surface area is 84.2 Å². The van der Waals surface area contributed by atoms with Gasteiger partial charge in [0.05, 0.1) is 6.10 Å². The summed E-state index contributed by atoms with van der Waals surface area (Å²) >= 11 is 1.72. The zero-order valence-electron chi connectivity index (χ0n) is 7.94. The highest BCUT2D eigenvalue weighted by Gasteiger charge is 2.02. The Morgan fingerprint density at radius 3 is 2.62 bits per heavy atom. The third-order valence-corrected chi connectivity index (χ3v) is 2.96. The van der Waals surface area contributed by atoms with Gasteiger partial charge >= 0.3 is 0 Å². The predicted octanol–water partition coefficient (Wildman–Crippen LogP) is 2.94. The first-order valence-corrected chi connectivity index (χ1v) is 5.67. The number of aliphatic hydroxyl groups excluding tert-OH is 1. The molecule has 0 heterocycles. The molecule has 1 aromatic rings. The maximum absolute atomic E-state index is 9.49. The van der Waals surface area contributed by atoms with E-state index in [0.717, 1.165) is 18.6 Å².